The number of nitrogens with two attached hydrogens (primary N) is 1. The molecule has 10 heteroatoms. The van der Waals surface area contributed by atoms with Crippen LogP contribution in [0.1, 0.15) is 23.6 Å². The van der Waals surface area contributed by atoms with E-state index >= 15 is 0 Å². The molecule has 2 heterocycles. The van der Waals surface area contributed by atoms with Gasteiger partial charge >= 0.3 is 5.91 Å². The van der Waals surface area contributed by atoms with Crippen molar-refractivity contribution < 1.29 is 15.0 Å². The van der Waals surface area contributed by atoms with E-state index in [2.05, 4.69) is 5.43 Å². The number of amides is 2. The molecule has 3 N–H and O–H groups in total. The summed E-state index contributed by atoms with van der Waals surface area (Å²) in [6, 6.07) is 26.3. The Bertz CT molecular complexity index is 1270. The zero-order chi connectivity index (χ0) is 26.4. The molecule has 0 saturated carbocycles. The first-order valence-electron chi connectivity index (χ1n) is 11.3. The summed E-state index contributed by atoms with van der Waals surface area (Å²) in [5.74, 6) is -0.894. The Morgan fingerprint density at radius 1 is 0.757 bits per heavy atom. The number of hydrazine groups is 1. The molecule has 0 unspecified atom stereocenters. The molecule has 0 bridgehead atoms. The Hall–Kier alpha value is -3.28. The van der Waals surface area contributed by atoms with E-state index in [4.69, 9.17) is 24.4 Å². The van der Waals surface area contributed by atoms with Crippen LogP contribution in [0.4, 0.5) is 11.4 Å². The summed E-state index contributed by atoms with van der Waals surface area (Å²) in [4.78, 5) is 29.8. The fraction of sp³-hybridized carbons (Fsp3) is 0.111. The molecule has 6 nitrogen and oxygen atoms in total. The Morgan fingerprint density at radius 2 is 1.27 bits per heavy atom. The highest BCUT2D eigenvalue weighted by molar-refractivity contribution is 7.81. The van der Waals surface area contributed by atoms with Gasteiger partial charge in [0.05, 0.1) is 21.1 Å². The summed E-state index contributed by atoms with van der Waals surface area (Å²) in [6.45, 7) is 3.19. The van der Waals surface area contributed by atoms with Crippen LogP contribution in [-0.2, 0) is 9.59 Å². The van der Waals surface area contributed by atoms with Crippen LogP contribution in [0.15, 0.2) is 95.7 Å². The van der Waals surface area contributed by atoms with Gasteiger partial charge in [-0.2, -0.15) is 10.4 Å². The number of primary amides is 1. The first-order chi connectivity index (χ1) is 17.8. The summed E-state index contributed by atoms with van der Waals surface area (Å²) < 4.78 is 0. The third-order valence-electron chi connectivity index (χ3n) is 5.58. The molecule has 0 fully saturated rings. The SMILES string of the molecule is CC(C)(C(=O)NN(C(=S)c1cccs1)c1ccccc1)C(=O)[NH2+]N(C(=S)c1cccs1)c1ccccc1. The van der Waals surface area contributed by atoms with E-state index in [0.717, 1.165) is 15.4 Å². The van der Waals surface area contributed by atoms with Crippen LogP contribution in [0.25, 0.3) is 0 Å². The molecule has 0 aliphatic carbocycles. The number of quaternary nitrogens is 1. The number of rotatable bonds is 6. The first-order valence-corrected chi connectivity index (χ1v) is 13.9. The zero-order valence-corrected chi connectivity index (χ0v) is 23.4. The number of nitrogens with zero attached hydrogens (tertiary/aromatic N) is 2. The highest BCUT2D eigenvalue weighted by atomic mass is 32.1. The van der Waals surface area contributed by atoms with Gasteiger partial charge in [0.1, 0.15) is 4.99 Å². The van der Waals surface area contributed by atoms with Crippen molar-refractivity contribution in [2.45, 2.75) is 13.8 Å². The lowest BCUT2D eigenvalue weighted by molar-refractivity contribution is -0.572. The van der Waals surface area contributed by atoms with Crippen molar-refractivity contribution in [3.63, 3.8) is 0 Å². The summed E-state index contributed by atoms with van der Waals surface area (Å²) in [5, 5.41) is 7.05. The third kappa shape index (κ3) is 6.17. The molecule has 0 aliphatic rings. The largest absolute Gasteiger partial charge is 0.350 e. The minimum Gasteiger partial charge on any atom is -0.272 e. The number of para-hydroxylation sites is 2. The van der Waals surface area contributed by atoms with Crippen LogP contribution in [0, 0.1) is 5.41 Å². The van der Waals surface area contributed by atoms with Crippen LogP contribution in [-0.4, -0.2) is 21.8 Å². The van der Waals surface area contributed by atoms with Crippen LogP contribution < -0.4 is 20.9 Å². The van der Waals surface area contributed by atoms with E-state index in [0.29, 0.717) is 15.7 Å². The van der Waals surface area contributed by atoms with Gasteiger partial charge in [0.2, 0.25) is 0 Å². The zero-order valence-electron chi connectivity index (χ0n) is 20.2. The van der Waals surface area contributed by atoms with Gasteiger partial charge in [-0.15, -0.1) is 22.7 Å². The number of carbonyl (C=O) groups is 2. The Kier molecular flexibility index (Phi) is 8.57. The number of anilines is 2. The monoisotopic (exact) mass is 565 g/mol. The van der Waals surface area contributed by atoms with Crippen LogP contribution in [0.3, 0.4) is 0 Å². The lowest BCUT2D eigenvalue weighted by Gasteiger charge is -2.30. The normalized spacial score (nSPS) is 11.0. The summed E-state index contributed by atoms with van der Waals surface area (Å²) >= 11 is 14.4. The van der Waals surface area contributed by atoms with Crippen molar-refractivity contribution in [1.82, 2.24) is 5.43 Å². The maximum atomic E-state index is 13.6. The fourth-order valence-electron chi connectivity index (χ4n) is 3.31. The maximum Gasteiger partial charge on any atom is 0.350 e. The highest BCUT2D eigenvalue weighted by Gasteiger charge is 2.43. The van der Waals surface area contributed by atoms with Gasteiger partial charge < -0.3 is 0 Å². The van der Waals surface area contributed by atoms with Gasteiger partial charge in [-0.3, -0.25) is 10.2 Å². The Morgan fingerprint density at radius 3 is 1.78 bits per heavy atom. The molecule has 4 aromatic rings. The Labute approximate surface area is 234 Å². The standard InChI is InChI=1S/C27H24N4O2S4/c1-27(2,25(32)28-30(19-11-5-3-6-12-19)23(34)21-15-9-17-36-21)26(33)29-31(20-13-7-4-8-14-20)24(35)22-16-10-18-37-22/h3-18H,1-2H3,(H,28,32)(H,29,33)/p+1. The smallest absolute Gasteiger partial charge is 0.272 e. The van der Waals surface area contributed by atoms with Crippen LogP contribution in [0.2, 0.25) is 0 Å². The molecule has 188 valence electrons. The second-order valence-corrected chi connectivity index (χ2v) is 11.2. The van der Waals surface area contributed by atoms with Gasteiger partial charge in [-0.05, 0) is 61.0 Å². The molecule has 0 saturated heterocycles. The van der Waals surface area contributed by atoms with E-state index in [1.807, 2.05) is 95.7 Å². The van der Waals surface area contributed by atoms with Gasteiger partial charge in [-0.25, -0.2) is 9.80 Å². The molecular formula is C27H25N4O2S4+. The lowest BCUT2D eigenvalue weighted by Crippen LogP contribution is -3.01. The number of hydrogen-bond acceptors (Lipinski definition) is 6. The van der Waals surface area contributed by atoms with Gasteiger partial charge in [-0.1, -0.05) is 73.0 Å². The van der Waals surface area contributed by atoms with Crippen molar-refractivity contribution in [3.05, 3.63) is 105 Å². The molecule has 0 radical (unpaired) electrons. The second kappa shape index (κ2) is 11.8. The topological polar surface area (TPSA) is 69.3 Å². The van der Waals surface area contributed by atoms with Gasteiger partial charge in [0.25, 0.3) is 5.91 Å². The molecule has 0 aliphatic heterocycles. The molecule has 2 aromatic carbocycles. The lowest BCUT2D eigenvalue weighted by atomic mass is 9.91. The Balaban J connectivity index is 1.58. The van der Waals surface area contributed by atoms with Crippen LogP contribution in [0.5, 0.6) is 0 Å². The van der Waals surface area contributed by atoms with Crippen LogP contribution >= 0.6 is 47.1 Å². The number of thiocarbonyl (C=S) groups is 2. The predicted octanol–water partition coefficient (Wildman–Crippen LogP) is 4.94. The fourth-order valence-corrected chi connectivity index (χ4v) is 5.36. The minimum atomic E-state index is -1.42. The number of benzene rings is 2. The number of carbonyl (C=O) groups excluding carboxylic acids is 2. The van der Waals surface area contributed by atoms with Crippen molar-refractivity contribution in [2.24, 2.45) is 5.41 Å². The van der Waals surface area contributed by atoms with Gasteiger partial charge in [0.15, 0.2) is 10.4 Å². The van der Waals surface area contributed by atoms with E-state index in [1.165, 1.54) is 28.1 Å². The van der Waals surface area contributed by atoms with E-state index in [1.54, 1.807) is 23.9 Å². The molecule has 2 aromatic heterocycles. The first kappa shape index (κ1) is 26.8. The predicted molar refractivity (Wildman–Crippen MR) is 159 cm³/mol. The number of nitrogens with one attached hydrogen (secondary N) is 1. The van der Waals surface area contributed by atoms with E-state index < -0.39 is 17.2 Å². The molecule has 0 atom stereocenters. The summed E-state index contributed by atoms with van der Waals surface area (Å²) in [7, 11) is 0. The van der Waals surface area contributed by atoms with Crippen molar-refractivity contribution in [3.8, 4) is 0 Å². The maximum absolute atomic E-state index is 13.6. The quantitative estimate of drug-likeness (QED) is 0.150. The molecular weight excluding hydrogens is 541 g/mol. The number of thiophene rings is 2. The molecule has 37 heavy (non-hydrogen) atoms. The summed E-state index contributed by atoms with van der Waals surface area (Å²) in [5.41, 5.74) is 4.28. The second-order valence-electron chi connectivity index (χ2n) is 8.50. The van der Waals surface area contributed by atoms with Crippen molar-refractivity contribution in [2.75, 3.05) is 10.0 Å². The van der Waals surface area contributed by atoms with E-state index in [9.17, 15) is 9.59 Å². The average Bonchev–Trinajstić information content (AvgIpc) is 3.65. The van der Waals surface area contributed by atoms with Gasteiger partial charge in [0, 0.05) is 0 Å². The number of hydrogen-bond donors (Lipinski definition) is 2. The molecule has 0 spiro atoms. The average molecular weight is 566 g/mol. The van der Waals surface area contributed by atoms with E-state index in [-0.39, 0.29) is 0 Å². The molecule has 4 rings (SSSR count). The summed E-state index contributed by atoms with van der Waals surface area (Å²) in [6.07, 6.45) is 0. The minimum absolute atomic E-state index is 0.400. The van der Waals surface area contributed by atoms with Crippen molar-refractivity contribution in [1.29, 1.82) is 0 Å². The molecule has 2 amide bonds. The third-order valence-corrected chi connectivity index (χ3v) is 8.41. The van der Waals surface area contributed by atoms with Crippen molar-refractivity contribution >= 4 is 80.3 Å². The highest BCUT2D eigenvalue weighted by Crippen LogP contribution is 2.22.